The van der Waals surface area contributed by atoms with Crippen molar-refractivity contribution >= 4 is 10.0 Å². The highest BCUT2D eigenvalue weighted by Gasteiger charge is 2.18. The topological polar surface area (TPSA) is 64.0 Å². The summed E-state index contributed by atoms with van der Waals surface area (Å²) in [6.07, 6.45) is 4.71. The van der Waals surface area contributed by atoms with Crippen molar-refractivity contribution in [2.45, 2.75) is 44.6 Å². The van der Waals surface area contributed by atoms with Gasteiger partial charge in [-0.05, 0) is 25.7 Å². The maximum absolute atomic E-state index is 11.9. The minimum atomic E-state index is -3.42. The molecule has 1 heterocycles. The fourth-order valence-electron chi connectivity index (χ4n) is 1.51. The van der Waals surface area contributed by atoms with Gasteiger partial charge in [-0.15, -0.1) is 0 Å². The van der Waals surface area contributed by atoms with Crippen molar-refractivity contribution in [3.8, 4) is 0 Å². The lowest BCUT2D eigenvalue weighted by molar-refractivity contribution is 0.485. The highest BCUT2D eigenvalue weighted by molar-refractivity contribution is 7.89. The Hall–Kier alpha value is -0.880. The number of hydrogen-bond donors (Lipinski definition) is 1. The first kappa shape index (κ1) is 14.2. The molecule has 1 rings (SSSR count). The van der Waals surface area contributed by atoms with Crippen LogP contribution in [-0.4, -0.2) is 24.2 Å². The van der Waals surface area contributed by atoms with Crippen LogP contribution in [0.5, 0.6) is 0 Å². The Labute approximate surface area is 103 Å². The summed E-state index contributed by atoms with van der Waals surface area (Å²) in [6, 6.07) is -0.0531. The molecule has 0 saturated carbocycles. The smallest absolute Gasteiger partial charge is 0.243 e. The number of nitrogens with one attached hydrogen (secondary N) is 1. The Balaban J connectivity index is 2.61. The zero-order chi connectivity index (χ0) is 13.1. The number of nitrogens with zero attached hydrogens (tertiary/aromatic N) is 2. The lowest BCUT2D eigenvalue weighted by Gasteiger charge is -2.14. The Bertz CT molecular complexity index is 451. The molecule has 0 amide bonds. The second-order valence-electron chi connectivity index (χ2n) is 4.84. The van der Waals surface area contributed by atoms with Crippen LogP contribution in [0.1, 0.15) is 33.6 Å². The predicted octanol–water partition coefficient (Wildman–Crippen LogP) is 1.52. The fourth-order valence-corrected chi connectivity index (χ4v) is 2.77. The molecule has 0 aliphatic heterocycles. The van der Waals surface area contributed by atoms with Gasteiger partial charge < -0.3 is 0 Å². The summed E-state index contributed by atoms with van der Waals surface area (Å²) < 4.78 is 28.0. The number of sulfonamides is 1. The van der Waals surface area contributed by atoms with Crippen molar-refractivity contribution < 1.29 is 8.42 Å². The molecular weight excluding hydrogens is 238 g/mol. The third-order valence-electron chi connectivity index (χ3n) is 2.52. The van der Waals surface area contributed by atoms with Gasteiger partial charge in [0.2, 0.25) is 10.0 Å². The van der Waals surface area contributed by atoms with Gasteiger partial charge in [-0.3, -0.25) is 4.68 Å². The van der Waals surface area contributed by atoms with Gasteiger partial charge in [-0.2, -0.15) is 5.10 Å². The Morgan fingerprint density at radius 3 is 2.47 bits per heavy atom. The molecule has 1 atom stereocenters. The van der Waals surface area contributed by atoms with Crippen LogP contribution in [0, 0.1) is 5.92 Å². The third kappa shape index (κ3) is 4.47. The van der Waals surface area contributed by atoms with Crippen LogP contribution in [-0.2, 0) is 17.1 Å². The minimum Gasteiger partial charge on any atom is -0.274 e. The summed E-state index contributed by atoms with van der Waals surface area (Å²) in [6.45, 7) is 6.14. The lowest BCUT2D eigenvalue weighted by atomic mass is 10.1. The van der Waals surface area contributed by atoms with Crippen LogP contribution in [0.15, 0.2) is 17.3 Å². The zero-order valence-corrected chi connectivity index (χ0v) is 11.7. The monoisotopic (exact) mass is 259 g/mol. The van der Waals surface area contributed by atoms with E-state index in [0.717, 1.165) is 12.8 Å². The van der Waals surface area contributed by atoms with E-state index in [0.29, 0.717) is 5.92 Å². The molecule has 0 aliphatic rings. The van der Waals surface area contributed by atoms with Gasteiger partial charge in [-0.25, -0.2) is 13.1 Å². The van der Waals surface area contributed by atoms with Crippen LogP contribution in [0.4, 0.5) is 0 Å². The standard InChI is InChI=1S/C11H21N3O2S/c1-9(2)5-6-10(3)13-17(15,16)11-7-12-14(4)8-11/h7-10,13H,5-6H2,1-4H3/t10-/m0/s1. The van der Waals surface area contributed by atoms with E-state index >= 15 is 0 Å². The fraction of sp³-hybridized carbons (Fsp3) is 0.727. The first-order valence-electron chi connectivity index (χ1n) is 5.82. The Kier molecular flexibility index (Phi) is 4.70. The second-order valence-corrected chi connectivity index (χ2v) is 6.56. The number of rotatable bonds is 6. The molecule has 17 heavy (non-hydrogen) atoms. The molecule has 1 N–H and O–H groups in total. The lowest BCUT2D eigenvalue weighted by Crippen LogP contribution is -2.32. The van der Waals surface area contributed by atoms with Gasteiger partial charge in [-0.1, -0.05) is 13.8 Å². The molecule has 0 spiro atoms. The van der Waals surface area contributed by atoms with E-state index in [4.69, 9.17) is 0 Å². The van der Waals surface area contributed by atoms with E-state index in [-0.39, 0.29) is 10.9 Å². The Morgan fingerprint density at radius 2 is 2.00 bits per heavy atom. The van der Waals surface area contributed by atoms with Crippen LogP contribution < -0.4 is 4.72 Å². The van der Waals surface area contributed by atoms with Gasteiger partial charge >= 0.3 is 0 Å². The van der Waals surface area contributed by atoms with Gasteiger partial charge in [0.05, 0.1) is 6.20 Å². The highest BCUT2D eigenvalue weighted by Crippen LogP contribution is 2.11. The zero-order valence-electron chi connectivity index (χ0n) is 10.8. The summed E-state index contributed by atoms with van der Waals surface area (Å²) >= 11 is 0. The molecule has 0 unspecified atom stereocenters. The van der Waals surface area contributed by atoms with Gasteiger partial charge in [0.25, 0.3) is 0 Å². The molecule has 1 aromatic rings. The molecule has 0 fully saturated rings. The van der Waals surface area contributed by atoms with E-state index < -0.39 is 10.0 Å². The molecule has 5 nitrogen and oxygen atoms in total. The number of aryl methyl sites for hydroxylation is 1. The molecule has 1 aromatic heterocycles. The van der Waals surface area contributed by atoms with E-state index in [9.17, 15) is 8.42 Å². The van der Waals surface area contributed by atoms with Crippen molar-refractivity contribution in [3.05, 3.63) is 12.4 Å². The molecule has 0 radical (unpaired) electrons. The van der Waals surface area contributed by atoms with Gasteiger partial charge in [0.15, 0.2) is 0 Å². The van der Waals surface area contributed by atoms with Crippen molar-refractivity contribution in [1.29, 1.82) is 0 Å². The van der Waals surface area contributed by atoms with Crippen molar-refractivity contribution in [2.75, 3.05) is 0 Å². The average molecular weight is 259 g/mol. The summed E-state index contributed by atoms with van der Waals surface area (Å²) in [4.78, 5) is 0.219. The van der Waals surface area contributed by atoms with Gasteiger partial charge in [0.1, 0.15) is 4.90 Å². The molecule has 98 valence electrons. The highest BCUT2D eigenvalue weighted by atomic mass is 32.2. The summed E-state index contributed by atoms with van der Waals surface area (Å²) in [5.41, 5.74) is 0. The van der Waals surface area contributed by atoms with Crippen molar-refractivity contribution in [1.82, 2.24) is 14.5 Å². The minimum absolute atomic E-state index is 0.0531. The Morgan fingerprint density at radius 1 is 1.35 bits per heavy atom. The first-order valence-corrected chi connectivity index (χ1v) is 7.30. The predicted molar refractivity (Wildman–Crippen MR) is 67.1 cm³/mol. The maximum Gasteiger partial charge on any atom is 0.243 e. The first-order chi connectivity index (χ1) is 7.81. The van der Waals surface area contributed by atoms with Crippen molar-refractivity contribution in [3.63, 3.8) is 0 Å². The molecule has 0 aromatic carbocycles. The van der Waals surface area contributed by atoms with Crippen LogP contribution in [0.3, 0.4) is 0 Å². The van der Waals surface area contributed by atoms with Gasteiger partial charge in [0, 0.05) is 19.3 Å². The SMILES string of the molecule is CC(C)CC[C@H](C)NS(=O)(=O)c1cnn(C)c1. The third-order valence-corrected chi connectivity index (χ3v) is 4.07. The normalized spacial score (nSPS) is 14.2. The maximum atomic E-state index is 11.9. The summed E-state index contributed by atoms with van der Waals surface area (Å²) in [5, 5.41) is 3.86. The molecule has 0 aliphatic carbocycles. The molecule has 6 heteroatoms. The number of aromatic nitrogens is 2. The number of hydrogen-bond acceptors (Lipinski definition) is 3. The molecule has 0 saturated heterocycles. The largest absolute Gasteiger partial charge is 0.274 e. The summed E-state index contributed by atoms with van der Waals surface area (Å²) in [7, 11) is -1.72. The summed E-state index contributed by atoms with van der Waals surface area (Å²) in [5.74, 6) is 0.584. The average Bonchev–Trinajstić information content (AvgIpc) is 2.62. The van der Waals surface area contributed by atoms with Crippen LogP contribution >= 0.6 is 0 Å². The van der Waals surface area contributed by atoms with Crippen LogP contribution in [0.25, 0.3) is 0 Å². The van der Waals surface area contributed by atoms with E-state index in [1.165, 1.54) is 17.1 Å². The molecular formula is C11H21N3O2S. The van der Waals surface area contributed by atoms with E-state index in [1.807, 2.05) is 6.92 Å². The van der Waals surface area contributed by atoms with Crippen LogP contribution in [0.2, 0.25) is 0 Å². The molecule has 0 bridgehead atoms. The van der Waals surface area contributed by atoms with Crippen molar-refractivity contribution in [2.24, 2.45) is 13.0 Å². The quantitative estimate of drug-likeness (QED) is 0.842. The van der Waals surface area contributed by atoms with E-state index in [1.54, 1.807) is 7.05 Å². The van der Waals surface area contributed by atoms with E-state index in [2.05, 4.69) is 23.7 Å². The second kappa shape index (κ2) is 5.64.